The number of rotatable bonds is 7. The molecule has 0 aliphatic rings. The minimum atomic E-state index is -4.25. The summed E-state index contributed by atoms with van der Waals surface area (Å²) in [6, 6.07) is 7.46. The van der Waals surface area contributed by atoms with Gasteiger partial charge in [-0.25, -0.2) is 0 Å². The van der Waals surface area contributed by atoms with Crippen molar-refractivity contribution in [1.82, 2.24) is 4.98 Å². The molecule has 1 unspecified atom stereocenters. The first kappa shape index (κ1) is 20.2. The third-order valence-electron chi connectivity index (χ3n) is 3.61. The maximum absolute atomic E-state index is 12.2. The number of fused-ring (bicyclic) bond motifs is 1. The summed E-state index contributed by atoms with van der Waals surface area (Å²) in [6.07, 6.45) is -2.15. The first-order valence-electron chi connectivity index (χ1n) is 7.80. The van der Waals surface area contributed by atoms with Gasteiger partial charge in [-0.3, -0.25) is 9.78 Å². The van der Waals surface area contributed by atoms with Crippen molar-refractivity contribution in [3.63, 3.8) is 0 Å². The molecule has 25 heavy (non-hydrogen) atoms. The topological polar surface area (TPSA) is 42.0 Å². The fourth-order valence-electron chi connectivity index (χ4n) is 2.46. The highest BCUT2D eigenvalue weighted by atomic mass is 127. The van der Waals surface area contributed by atoms with Gasteiger partial charge in [0.2, 0.25) is 5.91 Å². The van der Waals surface area contributed by atoms with Gasteiger partial charge >= 0.3 is 6.18 Å². The van der Waals surface area contributed by atoms with E-state index in [1.165, 1.54) is 0 Å². The summed E-state index contributed by atoms with van der Waals surface area (Å²) in [5.41, 5.74) is 1.35. The van der Waals surface area contributed by atoms with Crippen LogP contribution >= 0.6 is 34.2 Å². The quantitative estimate of drug-likeness (QED) is 0.302. The molecule has 136 valence electrons. The molecule has 1 aromatic carbocycles. The van der Waals surface area contributed by atoms with Crippen molar-refractivity contribution in [3.8, 4) is 0 Å². The van der Waals surface area contributed by atoms with Crippen LogP contribution in [-0.2, 0) is 4.79 Å². The van der Waals surface area contributed by atoms with Crippen molar-refractivity contribution in [1.29, 1.82) is 0 Å². The van der Waals surface area contributed by atoms with Crippen molar-refractivity contribution >= 4 is 56.7 Å². The monoisotopic (exact) mass is 484 g/mol. The smallest absolute Gasteiger partial charge is 0.324 e. The summed E-state index contributed by atoms with van der Waals surface area (Å²) in [7, 11) is 0. The predicted octanol–water partition coefficient (Wildman–Crippen LogP) is 5.90. The average molecular weight is 485 g/mol. The van der Waals surface area contributed by atoms with E-state index in [0.29, 0.717) is 24.0 Å². The number of hydrogen-bond acceptors (Lipinski definition) is 2. The van der Waals surface area contributed by atoms with E-state index >= 15 is 0 Å². The van der Waals surface area contributed by atoms with E-state index in [4.69, 9.17) is 11.6 Å². The Hall–Kier alpha value is -1.09. The standard InChI is InChI=1S/C17H17ClF3IN2O/c18-11(10-17(19,20)21)4-1-2-6-15(25)24-14-8-7-13(22)12-5-3-9-23-16(12)14/h3,5,7-9,11H,1-2,4,6,10H2,(H,24,25). The zero-order valence-electron chi connectivity index (χ0n) is 13.2. The van der Waals surface area contributed by atoms with Crippen LogP contribution in [0.25, 0.3) is 10.9 Å². The molecule has 1 N–H and O–H groups in total. The van der Waals surface area contributed by atoms with Gasteiger partial charge in [-0.05, 0) is 53.6 Å². The van der Waals surface area contributed by atoms with E-state index in [9.17, 15) is 18.0 Å². The van der Waals surface area contributed by atoms with Gasteiger partial charge in [-0.1, -0.05) is 12.5 Å². The molecule has 8 heteroatoms. The zero-order valence-corrected chi connectivity index (χ0v) is 16.2. The maximum atomic E-state index is 12.2. The number of nitrogens with zero attached hydrogens (tertiary/aromatic N) is 1. The SMILES string of the molecule is O=C(CCCCC(Cl)CC(F)(F)F)Nc1ccc(I)c2cccnc12. The molecule has 2 rings (SSSR count). The lowest BCUT2D eigenvalue weighted by atomic mass is 10.1. The van der Waals surface area contributed by atoms with Crippen LogP contribution in [0.4, 0.5) is 18.9 Å². The van der Waals surface area contributed by atoms with E-state index in [2.05, 4.69) is 32.9 Å². The number of benzene rings is 1. The number of anilines is 1. The lowest BCUT2D eigenvalue weighted by Gasteiger charge is -2.12. The molecular weight excluding hydrogens is 468 g/mol. The van der Waals surface area contributed by atoms with Gasteiger partial charge in [0.05, 0.1) is 17.6 Å². The zero-order chi connectivity index (χ0) is 18.4. The Bertz CT molecular complexity index is 739. The molecule has 0 fully saturated rings. The normalized spacial score (nSPS) is 13.0. The van der Waals surface area contributed by atoms with Crippen LogP contribution in [0.2, 0.25) is 0 Å². The van der Waals surface area contributed by atoms with Gasteiger partial charge in [0.15, 0.2) is 0 Å². The number of carbonyl (C=O) groups excluding carboxylic acids is 1. The Labute approximate surface area is 162 Å². The highest BCUT2D eigenvalue weighted by Gasteiger charge is 2.30. The van der Waals surface area contributed by atoms with Crippen molar-refractivity contribution in [2.24, 2.45) is 0 Å². The van der Waals surface area contributed by atoms with Gasteiger partial charge in [-0.2, -0.15) is 13.2 Å². The third-order valence-corrected chi connectivity index (χ3v) is 4.93. The molecule has 0 radical (unpaired) electrons. The molecule has 1 amide bonds. The summed E-state index contributed by atoms with van der Waals surface area (Å²) >= 11 is 7.87. The van der Waals surface area contributed by atoms with Gasteiger partial charge in [-0.15, -0.1) is 11.6 Å². The first-order chi connectivity index (χ1) is 11.8. The number of hydrogen-bond donors (Lipinski definition) is 1. The largest absolute Gasteiger partial charge is 0.390 e. The van der Waals surface area contributed by atoms with Crippen molar-refractivity contribution in [2.45, 2.75) is 43.7 Å². The number of amides is 1. The van der Waals surface area contributed by atoms with Crippen LogP contribution in [0.3, 0.4) is 0 Å². The molecular formula is C17H17ClF3IN2O. The first-order valence-corrected chi connectivity index (χ1v) is 9.31. The number of carbonyl (C=O) groups is 1. The van der Waals surface area contributed by atoms with E-state index in [1.807, 2.05) is 18.2 Å². The van der Waals surface area contributed by atoms with E-state index in [-0.39, 0.29) is 18.7 Å². The molecule has 0 aliphatic carbocycles. The van der Waals surface area contributed by atoms with Crippen LogP contribution < -0.4 is 5.32 Å². The maximum Gasteiger partial charge on any atom is 0.390 e. The van der Waals surface area contributed by atoms with Crippen molar-refractivity contribution < 1.29 is 18.0 Å². The summed E-state index contributed by atoms with van der Waals surface area (Å²) < 4.78 is 37.6. The average Bonchev–Trinajstić information content (AvgIpc) is 2.53. The Morgan fingerprint density at radius 2 is 2.04 bits per heavy atom. The Balaban J connectivity index is 1.83. The second-order valence-corrected chi connectivity index (χ2v) is 7.48. The highest BCUT2D eigenvalue weighted by molar-refractivity contribution is 14.1. The lowest BCUT2D eigenvalue weighted by molar-refractivity contribution is -0.134. The molecule has 1 aromatic heterocycles. The summed E-state index contributed by atoms with van der Waals surface area (Å²) in [5, 5.41) is 2.84. The van der Waals surface area contributed by atoms with Gasteiger partial charge in [0, 0.05) is 27.0 Å². The molecule has 3 nitrogen and oxygen atoms in total. The summed E-state index contributed by atoms with van der Waals surface area (Å²) in [5.74, 6) is -0.185. The third kappa shape index (κ3) is 6.62. The second-order valence-electron chi connectivity index (χ2n) is 5.71. The second kappa shape index (κ2) is 9.02. The molecule has 1 atom stereocenters. The minimum absolute atomic E-state index is 0.185. The van der Waals surface area contributed by atoms with Crippen LogP contribution in [0.5, 0.6) is 0 Å². The Kier molecular flexibility index (Phi) is 7.30. The summed E-state index contributed by atoms with van der Waals surface area (Å²) in [6.45, 7) is 0. The molecule has 2 aromatic rings. The lowest BCUT2D eigenvalue weighted by Crippen LogP contribution is -2.15. The van der Waals surface area contributed by atoms with Crippen LogP contribution in [0.1, 0.15) is 32.1 Å². The Morgan fingerprint density at radius 3 is 2.76 bits per heavy atom. The fraction of sp³-hybridized carbons (Fsp3) is 0.412. The van der Waals surface area contributed by atoms with Gasteiger partial charge in [0.25, 0.3) is 0 Å². The van der Waals surface area contributed by atoms with Crippen LogP contribution in [0, 0.1) is 3.57 Å². The number of unbranched alkanes of at least 4 members (excludes halogenated alkanes) is 1. The predicted molar refractivity (Wildman–Crippen MR) is 102 cm³/mol. The summed E-state index contributed by atoms with van der Waals surface area (Å²) in [4.78, 5) is 16.4. The van der Waals surface area contributed by atoms with Crippen molar-refractivity contribution in [2.75, 3.05) is 5.32 Å². The van der Waals surface area contributed by atoms with E-state index in [0.717, 1.165) is 8.96 Å². The highest BCUT2D eigenvalue weighted by Crippen LogP contribution is 2.27. The molecule has 0 saturated heterocycles. The number of alkyl halides is 4. The number of halogens is 5. The Morgan fingerprint density at radius 1 is 1.28 bits per heavy atom. The number of aromatic nitrogens is 1. The van der Waals surface area contributed by atoms with E-state index < -0.39 is 18.0 Å². The molecule has 0 aliphatic heterocycles. The minimum Gasteiger partial charge on any atom is -0.324 e. The molecule has 0 spiro atoms. The van der Waals surface area contributed by atoms with Gasteiger partial charge in [0.1, 0.15) is 0 Å². The molecule has 0 bridgehead atoms. The van der Waals surface area contributed by atoms with Crippen LogP contribution in [-0.4, -0.2) is 22.4 Å². The van der Waals surface area contributed by atoms with Crippen molar-refractivity contribution in [3.05, 3.63) is 34.0 Å². The van der Waals surface area contributed by atoms with Gasteiger partial charge < -0.3 is 5.32 Å². The molecule has 0 saturated carbocycles. The number of nitrogens with one attached hydrogen (secondary N) is 1. The number of pyridine rings is 1. The molecule has 1 heterocycles. The fourth-order valence-corrected chi connectivity index (χ4v) is 3.40. The van der Waals surface area contributed by atoms with Crippen LogP contribution in [0.15, 0.2) is 30.5 Å². The van der Waals surface area contributed by atoms with E-state index in [1.54, 1.807) is 12.3 Å².